The van der Waals surface area contributed by atoms with E-state index in [4.69, 9.17) is 4.74 Å². The molecule has 3 N–H and O–H groups in total. The molecule has 230 valence electrons. The Morgan fingerprint density at radius 3 is 2.75 bits per heavy atom. The van der Waals surface area contributed by atoms with E-state index in [0.717, 1.165) is 24.1 Å². The molecule has 3 atom stereocenters. The van der Waals surface area contributed by atoms with Gasteiger partial charge in [0, 0.05) is 61.8 Å². The van der Waals surface area contributed by atoms with Crippen LogP contribution in [0.5, 0.6) is 5.75 Å². The number of pyridine rings is 1. The molecule has 2 fully saturated rings. The van der Waals surface area contributed by atoms with Gasteiger partial charge in [-0.15, -0.1) is 0 Å². The number of piperidine rings is 1. The van der Waals surface area contributed by atoms with E-state index in [1.807, 2.05) is 12.1 Å². The van der Waals surface area contributed by atoms with Crippen molar-refractivity contribution in [2.75, 3.05) is 19.7 Å². The van der Waals surface area contributed by atoms with E-state index >= 15 is 4.39 Å². The van der Waals surface area contributed by atoms with Gasteiger partial charge in [0.2, 0.25) is 11.8 Å². The number of nitrogens with zero attached hydrogens (tertiary/aromatic N) is 3. The number of hydrogen-bond donors (Lipinski definition) is 3. The second kappa shape index (κ2) is 12.3. The lowest BCUT2D eigenvalue weighted by Crippen LogP contribution is -2.52. The topological polar surface area (TPSA) is 149 Å². The summed E-state index contributed by atoms with van der Waals surface area (Å²) in [5.74, 6) is -2.35. The Morgan fingerprint density at radius 1 is 1.14 bits per heavy atom. The fourth-order valence-electron chi connectivity index (χ4n) is 6.42. The van der Waals surface area contributed by atoms with Gasteiger partial charge in [-0.3, -0.25) is 29.4 Å². The number of hydrogen-bond acceptors (Lipinski definition) is 8. The van der Waals surface area contributed by atoms with E-state index in [1.165, 1.54) is 11.0 Å². The highest BCUT2D eigenvalue weighted by Crippen LogP contribution is 2.32. The van der Waals surface area contributed by atoms with Crippen molar-refractivity contribution in [3.05, 3.63) is 70.7 Å². The smallest absolute Gasteiger partial charge is 0.304 e. The van der Waals surface area contributed by atoms with Crippen LogP contribution in [0.15, 0.2) is 42.5 Å². The van der Waals surface area contributed by atoms with E-state index in [2.05, 4.69) is 15.2 Å². The largest absolute Gasteiger partial charge is 0.489 e. The summed E-state index contributed by atoms with van der Waals surface area (Å²) in [6, 6.07) is 11.4. The van der Waals surface area contributed by atoms with E-state index in [1.54, 1.807) is 24.3 Å². The predicted octanol–water partition coefficient (Wildman–Crippen LogP) is 2.73. The first kappa shape index (κ1) is 29.6. The maximum absolute atomic E-state index is 15.2. The normalized spacial score (nSPS) is 21.0. The molecule has 3 amide bonds. The second-order valence-corrected chi connectivity index (χ2v) is 11.7. The average Bonchev–Trinajstić information content (AvgIpc) is 3.55. The van der Waals surface area contributed by atoms with Crippen LogP contribution in [0.2, 0.25) is 0 Å². The third-order valence-electron chi connectivity index (χ3n) is 8.58. The van der Waals surface area contributed by atoms with Crippen molar-refractivity contribution in [2.45, 2.75) is 63.3 Å². The summed E-state index contributed by atoms with van der Waals surface area (Å²) in [5, 5.41) is 21.5. The molecule has 2 saturated heterocycles. The van der Waals surface area contributed by atoms with Crippen LogP contribution in [0.4, 0.5) is 4.39 Å². The highest BCUT2D eigenvalue weighted by Gasteiger charge is 2.39. The molecule has 3 aromatic rings. The van der Waals surface area contributed by atoms with Gasteiger partial charge in [-0.2, -0.15) is 0 Å². The average molecular weight is 605 g/mol. The molecule has 3 aliphatic heterocycles. The number of aliphatic carboxylic acids is 1. The van der Waals surface area contributed by atoms with Crippen molar-refractivity contribution in [2.24, 2.45) is 0 Å². The fraction of sp³-hybridized carbons (Fsp3) is 0.406. The minimum atomic E-state index is -1.00. The number of carboxylic acids is 1. The SMILES string of the molecule is O=C(O)CC(CCO)c1ccc2cc(CN3CC[C@H](Oc4ccc5c(c4)CN([C@H]4CCC(=O)NC4=O)C5=O)C3)cc(F)c2n1. The molecular formula is C32H33FN4O7. The van der Waals surface area contributed by atoms with Crippen molar-refractivity contribution in [1.29, 1.82) is 0 Å². The number of carboxylic acid groups (broad SMARTS) is 1. The summed E-state index contributed by atoms with van der Waals surface area (Å²) in [7, 11) is 0. The van der Waals surface area contributed by atoms with Gasteiger partial charge in [0.05, 0.1) is 6.42 Å². The van der Waals surface area contributed by atoms with E-state index in [9.17, 15) is 29.4 Å². The number of aromatic nitrogens is 1. The highest BCUT2D eigenvalue weighted by atomic mass is 19.1. The minimum Gasteiger partial charge on any atom is -0.489 e. The molecular weight excluding hydrogens is 571 g/mol. The highest BCUT2D eigenvalue weighted by molar-refractivity contribution is 6.05. The van der Waals surface area contributed by atoms with Crippen LogP contribution in [-0.2, 0) is 27.5 Å². The maximum Gasteiger partial charge on any atom is 0.304 e. The molecule has 0 saturated carbocycles. The molecule has 44 heavy (non-hydrogen) atoms. The van der Waals surface area contributed by atoms with Gasteiger partial charge in [0.1, 0.15) is 29.2 Å². The summed E-state index contributed by atoms with van der Waals surface area (Å²) in [6.07, 6.45) is 1.22. The summed E-state index contributed by atoms with van der Waals surface area (Å²) >= 11 is 0. The van der Waals surface area contributed by atoms with Gasteiger partial charge in [-0.05, 0) is 66.8 Å². The number of rotatable bonds is 10. The Balaban J connectivity index is 1.08. The number of aliphatic hydroxyl groups is 1. The molecule has 0 bridgehead atoms. The molecule has 0 aliphatic carbocycles. The van der Waals surface area contributed by atoms with Crippen LogP contribution >= 0.6 is 0 Å². The van der Waals surface area contributed by atoms with Crippen LogP contribution in [0, 0.1) is 5.82 Å². The Morgan fingerprint density at radius 2 is 1.98 bits per heavy atom. The maximum atomic E-state index is 15.2. The van der Waals surface area contributed by atoms with Gasteiger partial charge in [-0.25, -0.2) is 9.37 Å². The van der Waals surface area contributed by atoms with Crippen molar-refractivity contribution in [1.82, 2.24) is 20.1 Å². The fourth-order valence-corrected chi connectivity index (χ4v) is 6.42. The van der Waals surface area contributed by atoms with Gasteiger partial charge in [0.25, 0.3) is 5.91 Å². The zero-order valence-electron chi connectivity index (χ0n) is 24.0. The molecule has 12 heteroatoms. The first-order valence-electron chi connectivity index (χ1n) is 14.8. The molecule has 11 nitrogen and oxygen atoms in total. The monoisotopic (exact) mass is 604 g/mol. The summed E-state index contributed by atoms with van der Waals surface area (Å²) in [5.41, 5.74) is 2.71. The zero-order valence-corrected chi connectivity index (χ0v) is 24.0. The van der Waals surface area contributed by atoms with Crippen LogP contribution in [0.25, 0.3) is 10.9 Å². The Hall–Kier alpha value is -4.42. The lowest BCUT2D eigenvalue weighted by atomic mass is 9.96. The van der Waals surface area contributed by atoms with E-state index in [-0.39, 0.29) is 55.8 Å². The predicted molar refractivity (Wildman–Crippen MR) is 155 cm³/mol. The third-order valence-corrected chi connectivity index (χ3v) is 8.58. The molecule has 0 radical (unpaired) electrons. The van der Waals surface area contributed by atoms with Crippen molar-refractivity contribution >= 4 is 34.6 Å². The first-order valence-corrected chi connectivity index (χ1v) is 14.8. The molecule has 1 unspecified atom stereocenters. The van der Waals surface area contributed by atoms with E-state index in [0.29, 0.717) is 41.9 Å². The summed E-state index contributed by atoms with van der Waals surface area (Å²) in [4.78, 5) is 56.1. The molecule has 6 rings (SSSR count). The van der Waals surface area contributed by atoms with Crippen LogP contribution in [-0.4, -0.2) is 80.5 Å². The summed E-state index contributed by atoms with van der Waals surface area (Å²) in [6.45, 7) is 1.99. The first-order chi connectivity index (χ1) is 21.2. The number of imide groups is 1. The molecule has 3 aliphatic rings. The van der Waals surface area contributed by atoms with E-state index < -0.39 is 29.7 Å². The van der Waals surface area contributed by atoms with Crippen LogP contribution < -0.4 is 10.1 Å². The standard InChI is InChI=1S/C32H33FN4O7/c33-25-12-18(11-20-1-4-26(34-30(20)25)19(8-10-38)14-29(40)41)15-36-9-7-23(17-36)44-22-2-3-24-21(13-22)16-37(32(24)43)27-5-6-28(39)35-31(27)42/h1-4,11-13,19,23,27,38H,5-10,14-17H2,(H,40,41)(H,35,39,42)/t19?,23-,27-/m0/s1. The van der Waals surface area contributed by atoms with Gasteiger partial charge < -0.3 is 19.8 Å². The Bertz CT molecular complexity index is 1650. The number of carbonyl (C=O) groups is 4. The van der Waals surface area contributed by atoms with Crippen LogP contribution in [0.1, 0.15) is 65.2 Å². The molecule has 1 aromatic heterocycles. The van der Waals surface area contributed by atoms with Crippen molar-refractivity contribution in [3.8, 4) is 5.75 Å². The number of likely N-dealkylation sites (tertiary alicyclic amines) is 1. The third kappa shape index (κ3) is 6.13. The zero-order chi connectivity index (χ0) is 31.0. The number of aliphatic hydroxyl groups excluding tert-OH is 1. The quantitative estimate of drug-likeness (QED) is 0.297. The Labute approximate surface area is 252 Å². The number of halogens is 1. The molecule has 2 aromatic carbocycles. The minimum absolute atomic E-state index is 0.0939. The Kier molecular flexibility index (Phi) is 8.28. The lowest BCUT2D eigenvalue weighted by molar-refractivity contribution is -0.138. The number of nitrogens with one attached hydrogen (secondary N) is 1. The number of carbonyl (C=O) groups excluding carboxylic acids is 3. The van der Waals surface area contributed by atoms with Gasteiger partial charge >= 0.3 is 5.97 Å². The number of ether oxygens (including phenoxy) is 1. The van der Waals surface area contributed by atoms with Crippen LogP contribution in [0.3, 0.4) is 0 Å². The number of amides is 3. The van der Waals surface area contributed by atoms with Gasteiger partial charge in [-0.1, -0.05) is 6.07 Å². The number of benzene rings is 2. The lowest BCUT2D eigenvalue weighted by Gasteiger charge is -2.29. The molecule has 0 spiro atoms. The summed E-state index contributed by atoms with van der Waals surface area (Å²) < 4.78 is 21.4. The van der Waals surface area contributed by atoms with Gasteiger partial charge in [0.15, 0.2) is 0 Å². The van der Waals surface area contributed by atoms with Crippen molar-refractivity contribution in [3.63, 3.8) is 0 Å². The number of fused-ring (bicyclic) bond motifs is 2. The molecule has 4 heterocycles. The van der Waals surface area contributed by atoms with Crippen molar-refractivity contribution < 1.29 is 38.5 Å². The second-order valence-electron chi connectivity index (χ2n) is 11.7.